The molecule has 1 aliphatic rings. The number of phenols is 1. The summed E-state index contributed by atoms with van der Waals surface area (Å²) in [6.07, 6.45) is 0. The highest BCUT2D eigenvalue weighted by Gasteiger charge is 2.55. The average molecular weight is 385 g/mol. The van der Waals surface area contributed by atoms with E-state index < -0.39 is 5.41 Å². The van der Waals surface area contributed by atoms with Crippen molar-refractivity contribution in [3.63, 3.8) is 0 Å². The number of imidazole rings is 1. The van der Waals surface area contributed by atoms with Gasteiger partial charge >= 0.3 is 0 Å². The van der Waals surface area contributed by atoms with Gasteiger partial charge in [0, 0.05) is 24.2 Å². The summed E-state index contributed by atoms with van der Waals surface area (Å²) in [5, 5.41) is 10.8. The third-order valence-electron chi connectivity index (χ3n) is 5.65. The van der Waals surface area contributed by atoms with E-state index in [4.69, 9.17) is 9.72 Å². The molecule has 1 aliphatic heterocycles. The van der Waals surface area contributed by atoms with Gasteiger partial charge < -0.3 is 19.7 Å². The van der Waals surface area contributed by atoms with Crippen LogP contribution in [0.4, 0.5) is 5.69 Å². The van der Waals surface area contributed by atoms with Gasteiger partial charge in [-0.3, -0.25) is 4.79 Å². The number of aromatic amines is 1. The number of ether oxygens (including phenoxy) is 1. The lowest BCUT2D eigenvalue weighted by Gasteiger charge is -2.27. The number of aromatic hydroxyl groups is 1. The molecule has 1 aromatic heterocycles. The van der Waals surface area contributed by atoms with Gasteiger partial charge in [0.2, 0.25) is 5.91 Å². The molecule has 6 nitrogen and oxygen atoms in total. The number of para-hydroxylation sites is 3. The molecule has 6 heteroatoms. The Morgan fingerprint density at radius 1 is 1.03 bits per heavy atom. The molecule has 3 aromatic carbocycles. The lowest BCUT2D eigenvalue weighted by atomic mass is 9.74. The number of hydrogen-bond acceptors (Lipinski definition) is 4. The van der Waals surface area contributed by atoms with Crippen molar-refractivity contribution in [1.29, 1.82) is 0 Å². The summed E-state index contributed by atoms with van der Waals surface area (Å²) in [7, 11) is 3.32. The zero-order valence-corrected chi connectivity index (χ0v) is 16.0. The van der Waals surface area contributed by atoms with Crippen molar-refractivity contribution in [2.24, 2.45) is 0 Å². The number of rotatable bonds is 3. The Labute approximate surface area is 167 Å². The Morgan fingerprint density at radius 3 is 2.55 bits per heavy atom. The lowest BCUT2D eigenvalue weighted by Crippen LogP contribution is -2.41. The molecule has 0 saturated heterocycles. The van der Waals surface area contributed by atoms with E-state index >= 15 is 0 Å². The van der Waals surface area contributed by atoms with E-state index in [1.165, 1.54) is 0 Å². The predicted octanol–water partition coefficient (Wildman–Crippen LogP) is 3.59. The van der Waals surface area contributed by atoms with E-state index in [1.807, 2.05) is 48.5 Å². The fourth-order valence-corrected chi connectivity index (χ4v) is 4.25. The minimum absolute atomic E-state index is 0.0402. The first kappa shape index (κ1) is 17.3. The fraction of sp³-hybridized carbons (Fsp3) is 0.130. The fourth-order valence-electron chi connectivity index (χ4n) is 4.25. The highest BCUT2D eigenvalue weighted by Crippen LogP contribution is 2.52. The third kappa shape index (κ3) is 2.23. The Bertz CT molecular complexity index is 1230. The Morgan fingerprint density at radius 2 is 1.79 bits per heavy atom. The van der Waals surface area contributed by atoms with Crippen molar-refractivity contribution in [3.05, 3.63) is 83.7 Å². The second-order valence-electron chi connectivity index (χ2n) is 7.12. The summed E-state index contributed by atoms with van der Waals surface area (Å²) in [6, 6.07) is 20.1. The summed E-state index contributed by atoms with van der Waals surface area (Å²) in [5.74, 6) is 0.974. The molecule has 0 aliphatic carbocycles. The molecule has 4 aromatic rings. The summed E-state index contributed by atoms with van der Waals surface area (Å²) in [4.78, 5) is 23.5. The lowest BCUT2D eigenvalue weighted by molar-refractivity contribution is -0.120. The number of carbonyl (C=O) groups is 1. The monoisotopic (exact) mass is 385 g/mol. The van der Waals surface area contributed by atoms with Crippen LogP contribution in [0.3, 0.4) is 0 Å². The van der Waals surface area contributed by atoms with Gasteiger partial charge in [0.15, 0.2) is 5.41 Å². The molecule has 5 rings (SSSR count). The van der Waals surface area contributed by atoms with Crippen LogP contribution >= 0.6 is 0 Å². The first-order chi connectivity index (χ1) is 14.1. The second-order valence-corrected chi connectivity index (χ2v) is 7.12. The molecule has 1 atom stereocenters. The van der Waals surface area contributed by atoms with Gasteiger partial charge in [-0.1, -0.05) is 36.4 Å². The number of aromatic nitrogens is 2. The second kappa shape index (κ2) is 6.10. The first-order valence-electron chi connectivity index (χ1n) is 9.27. The van der Waals surface area contributed by atoms with Crippen LogP contribution in [0.5, 0.6) is 11.5 Å². The van der Waals surface area contributed by atoms with Crippen molar-refractivity contribution < 1.29 is 14.6 Å². The molecule has 0 spiro atoms. The maximum absolute atomic E-state index is 13.8. The number of phenolic OH excluding ortho intramolecular Hbond substituents is 1. The van der Waals surface area contributed by atoms with Crippen LogP contribution < -0.4 is 9.64 Å². The normalized spacial score (nSPS) is 18.3. The zero-order chi connectivity index (χ0) is 20.2. The van der Waals surface area contributed by atoms with Gasteiger partial charge in [-0.15, -0.1) is 0 Å². The molecule has 144 valence electrons. The molecule has 2 N–H and O–H groups in total. The number of H-pyrrole nitrogens is 1. The largest absolute Gasteiger partial charge is 0.508 e. The van der Waals surface area contributed by atoms with E-state index in [1.54, 1.807) is 37.3 Å². The Kier molecular flexibility index (Phi) is 3.64. The Hall–Kier alpha value is -3.80. The predicted molar refractivity (Wildman–Crippen MR) is 110 cm³/mol. The number of likely N-dealkylation sites (N-methyl/N-ethyl adjacent to an activating group) is 1. The van der Waals surface area contributed by atoms with Gasteiger partial charge in [-0.25, -0.2) is 4.98 Å². The number of nitrogens with zero attached hydrogens (tertiary/aromatic N) is 2. The average Bonchev–Trinajstić information content (AvgIpc) is 3.27. The molecule has 1 amide bonds. The minimum atomic E-state index is -1.29. The molecule has 2 heterocycles. The highest BCUT2D eigenvalue weighted by molar-refractivity contribution is 6.13. The van der Waals surface area contributed by atoms with E-state index in [0.717, 1.165) is 22.3 Å². The van der Waals surface area contributed by atoms with E-state index in [0.29, 0.717) is 17.1 Å². The number of amides is 1. The van der Waals surface area contributed by atoms with Crippen molar-refractivity contribution in [3.8, 4) is 11.5 Å². The van der Waals surface area contributed by atoms with Crippen molar-refractivity contribution in [1.82, 2.24) is 9.97 Å². The maximum atomic E-state index is 13.8. The van der Waals surface area contributed by atoms with Gasteiger partial charge in [0.1, 0.15) is 17.3 Å². The van der Waals surface area contributed by atoms with E-state index in [2.05, 4.69) is 4.98 Å². The molecule has 0 radical (unpaired) electrons. The van der Waals surface area contributed by atoms with Crippen LogP contribution in [-0.4, -0.2) is 35.1 Å². The van der Waals surface area contributed by atoms with Crippen LogP contribution in [0.25, 0.3) is 11.0 Å². The third-order valence-corrected chi connectivity index (χ3v) is 5.65. The number of nitrogens with one attached hydrogen (secondary N) is 1. The smallest absolute Gasteiger partial charge is 0.249 e. The van der Waals surface area contributed by atoms with Crippen LogP contribution in [0.2, 0.25) is 0 Å². The zero-order valence-electron chi connectivity index (χ0n) is 16.0. The summed E-state index contributed by atoms with van der Waals surface area (Å²) in [5.41, 5.74) is 2.24. The molecule has 0 saturated carbocycles. The number of fused-ring (bicyclic) bond motifs is 2. The van der Waals surface area contributed by atoms with Gasteiger partial charge in [0.25, 0.3) is 0 Å². The van der Waals surface area contributed by atoms with Crippen LogP contribution in [0.1, 0.15) is 17.0 Å². The number of benzene rings is 3. The minimum Gasteiger partial charge on any atom is -0.508 e. The number of anilines is 1. The van der Waals surface area contributed by atoms with Crippen LogP contribution in [-0.2, 0) is 10.2 Å². The maximum Gasteiger partial charge on any atom is 0.249 e. The molecule has 0 fully saturated rings. The molecule has 29 heavy (non-hydrogen) atoms. The van der Waals surface area contributed by atoms with E-state index in [9.17, 15) is 9.90 Å². The summed E-state index contributed by atoms with van der Waals surface area (Å²) >= 11 is 0. The van der Waals surface area contributed by atoms with Crippen molar-refractivity contribution >= 4 is 22.6 Å². The van der Waals surface area contributed by atoms with E-state index in [-0.39, 0.29) is 11.7 Å². The molecular weight excluding hydrogens is 366 g/mol. The van der Waals surface area contributed by atoms with Gasteiger partial charge in [0.05, 0.1) is 23.8 Å². The quantitative estimate of drug-likeness (QED) is 0.565. The number of hydrogen-bond donors (Lipinski definition) is 2. The summed E-state index contributed by atoms with van der Waals surface area (Å²) < 4.78 is 5.36. The molecular formula is C23H19N3O3. The van der Waals surface area contributed by atoms with Crippen molar-refractivity contribution in [2.75, 3.05) is 19.1 Å². The standard InChI is InChI=1S/C23H19N3O3/c1-26-19-13-14(29-2)11-12-15(19)23(22(26)28,16-7-3-6-10-20(16)27)21-24-17-8-4-5-9-18(17)25-21/h3-13,27H,1-2H3,(H,24,25). The highest BCUT2D eigenvalue weighted by atomic mass is 16.5. The van der Waals surface area contributed by atoms with Crippen LogP contribution in [0, 0.1) is 0 Å². The number of carbonyl (C=O) groups excluding carboxylic acids is 1. The summed E-state index contributed by atoms with van der Waals surface area (Å²) in [6.45, 7) is 0. The topological polar surface area (TPSA) is 78.5 Å². The molecule has 1 unspecified atom stereocenters. The first-order valence-corrected chi connectivity index (χ1v) is 9.27. The van der Waals surface area contributed by atoms with Gasteiger partial charge in [-0.05, 0) is 24.3 Å². The van der Waals surface area contributed by atoms with Crippen LogP contribution in [0.15, 0.2) is 66.7 Å². The van der Waals surface area contributed by atoms with Crippen molar-refractivity contribution in [2.45, 2.75) is 5.41 Å². The number of methoxy groups -OCH3 is 1. The molecule has 0 bridgehead atoms. The SMILES string of the molecule is COc1ccc2c(c1)N(C)C(=O)C2(c1nc2ccccc2[nH]1)c1ccccc1O. The van der Waals surface area contributed by atoms with Gasteiger partial charge in [-0.2, -0.15) is 0 Å². The Balaban J connectivity index is 1.91.